The molecule has 0 saturated carbocycles. The highest BCUT2D eigenvalue weighted by Crippen LogP contribution is 2.34. The lowest BCUT2D eigenvalue weighted by atomic mass is 10.0. The van der Waals surface area contributed by atoms with Gasteiger partial charge in [0.15, 0.2) is 5.17 Å². The molecule has 1 atom stereocenters. The normalized spacial score (nSPS) is 23.3. The van der Waals surface area contributed by atoms with Crippen LogP contribution in [0.1, 0.15) is 25.3 Å². The fourth-order valence-electron chi connectivity index (χ4n) is 2.86. The highest BCUT2D eigenvalue weighted by molar-refractivity contribution is 9.10. The first-order chi connectivity index (χ1) is 11.1. The van der Waals surface area contributed by atoms with Crippen LogP contribution < -0.4 is 4.74 Å². The van der Waals surface area contributed by atoms with Crippen molar-refractivity contribution in [3.63, 3.8) is 0 Å². The molecule has 1 fully saturated rings. The fraction of sp³-hybridized carbons (Fsp3) is 0.412. The maximum atomic E-state index is 12.2. The number of rotatable bonds is 2. The Kier molecular flexibility index (Phi) is 5.11. The van der Waals surface area contributed by atoms with Crippen LogP contribution in [0.25, 0.3) is 6.08 Å². The number of amidine groups is 1. The lowest BCUT2D eigenvalue weighted by Crippen LogP contribution is -2.37. The van der Waals surface area contributed by atoms with Crippen molar-refractivity contribution in [2.45, 2.75) is 19.8 Å². The Morgan fingerprint density at radius 2 is 2.30 bits per heavy atom. The van der Waals surface area contributed by atoms with E-state index in [0.717, 1.165) is 40.5 Å². The summed E-state index contributed by atoms with van der Waals surface area (Å²) in [5.74, 6) is 1.24. The lowest BCUT2D eigenvalue weighted by molar-refractivity contribution is -0.113. The molecule has 0 aromatic heterocycles. The number of likely N-dealkylation sites (tertiary alicyclic amines) is 1. The van der Waals surface area contributed by atoms with E-state index in [9.17, 15) is 4.79 Å². The summed E-state index contributed by atoms with van der Waals surface area (Å²) in [6.45, 7) is 4.21. The first-order valence-electron chi connectivity index (χ1n) is 7.68. The number of aliphatic imine (C=N–C) groups is 1. The number of amides is 1. The second kappa shape index (κ2) is 7.09. The third kappa shape index (κ3) is 3.80. The van der Waals surface area contributed by atoms with Gasteiger partial charge < -0.3 is 9.64 Å². The molecular formula is C17H19BrN2O2S. The molecule has 1 saturated heterocycles. The van der Waals surface area contributed by atoms with Crippen LogP contribution in [0.15, 0.2) is 32.6 Å². The van der Waals surface area contributed by atoms with Crippen LogP contribution in [-0.2, 0) is 4.79 Å². The summed E-state index contributed by atoms with van der Waals surface area (Å²) in [6, 6.07) is 5.75. The molecule has 2 aliphatic rings. The minimum absolute atomic E-state index is 0.162. The van der Waals surface area contributed by atoms with E-state index >= 15 is 0 Å². The van der Waals surface area contributed by atoms with Crippen LogP contribution in [0, 0.1) is 5.92 Å². The first kappa shape index (κ1) is 16.6. The Hall–Kier alpha value is -1.27. The van der Waals surface area contributed by atoms with Gasteiger partial charge in [-0.05, 0) is 54.8 Å². The molecule has 23 heavy (non-hydrogen) atoms. The predicted octanol–water partition coefficient (Wildman–Crippen LogP) is 4.16. The van der Waals surface area contributed by atoms with Gasteiger partial charge in [-0.3, -0.25) is 4.79 Å². The van der Waals surface area contributed by atoms with Crippen LogP contribution in [0.3, 0.4) is 0 Å². The van der Waals surface area contributed by atoms with Crippen LogP contribution >= 0.6 is 27.7 Å². The number of methoxy groups -OCH3 is 1. The molecule has 0 spiro atoms. The largest absolute Gasteiger partial charge is 0.496 e. The molecule has 4 nitrogen and oxygen atoms in total. The van der Waals surface area contributed by atoms with Crippen molar-refractivity contribution < 1.29 is 9.53 Å². The second-order valence-corrected chi connectivity index (χ2v) is 7.81. The Morgan fingerprint density at radius 3 is 3.04 bits per heavy atom. The molecule has 0 N–H and O–H groups in total. The SMILES string of the molecule is COc1ccc(Br)cc1/C=C1\SC(N2CCCC(C)C2)=NC1=O. The first-order valence-corrected chi connectivity index (χ1v) is 9.29. The monoisotopic (exact) mass is 394 g/mol. The van der Waals surface area contributed by atoms with E-state index in [1.807, 2.05) is 24.3 Å². The van der Waals surface area contributed by atoms with Crippen molar-refractivity contribution in [2.24, 2.45) is 10.9 Å². The summed E-state index contributed by atoms with van der Waals surface area (Å²) >= 11 is 4.92. The minimum Gasteiger partial charge on any atom is -0.496 e. The number of thioether (sulfide) groups is 1. The van der Waals surface area contributed by atoms with Gasteiger partial charge in [-0.15, -0.1) is 0 Å². The van der Waals surface area contributed by atoms with Gasteiger partial charge in [0.1, 0.15) is 5.75 Å². The highest BCUT2D eigenvalue weighted by atomic mass is 79.9. The molecule has 2 heterocycles. The lowest BCUT2D eigenvalue weighted by Gasteiger charge is -2.31. The number of carbonyl (C=O) groups excluding carboxylic acids is 1. The van der Waals surface area contributed by atoms with Gasteiger partial charge in [-0.2, -0.15) is 4.99 Å². The number of hydrogen-bond donors (Lipinski definition) is 0. The average molecular weight is 395 g/mol. The quantitative estimate of drug-likeness (QED) is 0.706. The van der Waals surface area contributed by atoms with Crippen molar-refractivity contribution >= 4 is 44.8 Å². The molecule has 0 bridgehead atoms. The van der Waals surface area contributed by atoms with Gasteiger partial charge in [0.05, 0.1) is 12.0 Å². The van der Waals surface area contributed by atoms with Crippen LogP contribution in [0.5, 0.6) is 5.75 Å². The van der Waals surface area contributed by atoms with E-state index in [0.29, 0.717) is 10.8 Å². The molecule has 0 aliphatic carbocycles. The van der Waals surface area contributed by atoms with Crippen molar-refractivity contribution in [1.82, 2.24) is 4.90 Å². The Morgan fingerprint density at radius 1 is 1.48 bits per heavy atom. The summed E-state index contributed by atoms with van der Waals surface area (Å²) < 4.78 is 6.32. The van der Waals surface area contributed by atoms with E-state index < -0.39 is 0 Å². The maximum Gasteiger partial charge on any atom is 0.286 e. The van der Waals surface area contributed by atoms with Crippen LogP contribution in [0.4, 0.5) is 0 Å². The predicted molar refractivity (Wildman–Crippen MR) is 98.7 cm³/mol. The van der Waals surface area contributed by atoms with E-state index in [4.69, 9.17) is 4.74 Å². The van der Waals surface area contributed by atoms with Crippen LogP contribution in [0.2, 0.25) is 0 Å². The second-order valence-electron chi connectivity index (χ2n) is 5.89. The molecular weight excluding hydrogens is 376 g/mol. The van der Waals surface area contributed by atoms with Crippen LogP contribution in [-0.4, -0.2) is 36.2 Å². The van der Waals surface area contributed by atoms with Crippen molar-refractivity contribution in [1.29, 1.82) is 0 Å². The molecule has 0 radical (unpaired) electrons. The molecule has 6 heteroatoms. The molecule has 3 rings (SSSR count). The fourth-order valence-corrected chi connectivity index (χ4v) is 4.17. The number of halogens is 1. The van der Waals surface area contributed by atoms with E-state index in [2.05, 4.69) is 32.7 Å². The summed E-state index contributed by atoms with van der Waals surface area (Å²) in [7, 11) is 1.63. The molecule has 122 valence electrons. The standard InChI is InChI=1S/C17H19BrN2O2S/c1-11-4-3-7-20(10-11)17-19-16(21)15(23-17)9-12-8-13(18)5-6-14(12)22-2/h5-6,8-9,11H,3-4,7,10H2,1-2H3/b15-9-. The Balaban J connectivity index is 1.81. The number of hydrogen-bond acceptors (Lipinski definition) is 4. The number of piperidine rings is 1. The zero-order chi connectivity index (χ0) is 16.4. The van der Waals surface area contributed by atoms with Crippen molar-refractivity contribution in [2.75, 3.05) is 20.2 Å². The highest BCUT2D eigenvalue weighted by Gasteiger charge is 2.28. The van der Waals surface area contributed by atoms with Gasteiger partial charge >= 0.3 is 0 Å². The number of ether oxygens (including phenoxy) is 1. The van der Waals surface area contributed by atoms with Gasteiger partial charge in [-0.1, -0.05) is 22.9 Å². The Bertz CT molecular complexity index is 687. The van der Waals surface area contributed by atoms with E-state index in [-0.39, 0.29) is 5.91 Å². The van der Waals surface area contributed by atoms with Gasteiger partial charge in [0.25, 0.3) is 5.91 Å². The summed E-state index contributed by atoms with van der Waals surface area (Å²) in [6.07, 6.45) is 4.27. The molecule has 1 aromatic carbocycles. The number of nitrogens with zero attached hydrogens (tertiary/aromatic N) is 2. The van der Waals surface area contributed by atoms with Gasteiger partial charge in [-0.25, -0.2) is 0 Å². The molecule has 2 aliphatic heterocycles. The van der Waals surface area contributed by atoms with Crippen molar-refractivity contribution in [3.8, 4) is 5.75 Å². The third-order valence-electron chi connectivity index (χ3n) is 4.02. The molecule has 1 aromatic rings. The summed E-state index contributed by atoms with van der Waals surface area (Å²) in [5, 5.41) is 0.835. The van der Waals surface area contributed by atoms with Gasteiger partial charge in [0.2, 0.25) is 0 Å². The van der Waals surface area contributed by atoms with E-state index in [1.54, 1.807) is 7.11 Å². The van der Waals surface area contributed by atoms with Crippen molar-refractivity contribution in [3.05, 3.63) is 33.1 Å². The topological polar surface area (TPSA) is 41.9 Å². The summed E-state index contributed by atoms with van der Waals surface area (Å²) in [5.41, 5.74) is 0.876. The zero-order valence-electron chi connectivity index (χ0n) is 13.2. The van der Waals surface area contributed by atoms with E-state index in [1.165, 1.54) is 18.2 Å². The number of benzene rings is 1. The molecule has 1 amide bonds. The summed E-state index contributed by atoms with van der Waals surface area (Å²) in [4.78, 5) is 19.4. The molecule has 1 unspecified atom stereocenters. The van der Waals surface area contributed by atoms with Gasteiger partial charge in [0, 0.05) is 23.1 Å². The number of carbonyl (C=O) groups is 1. The maximum absolute atomic E-state index is 12.2. The average Bonchev–Trinajstić information content (AvgIpc) is 2.89. The zero-order valence-corrected chi connectivity index (χ0v) is 15.6. The smallest absolute Gasteiger partial charge is 0.286 e. The minimum atomic E-state index is -0.162. The third-order valence-corrected chi connectivity index (χ3v) is 5.55. The Labute approximate surface area is 149 Å².